The average Bonchev–Trinajstić information content (AvgIpc) is 3.16. The third-order valence-corrected chi connectivity index (χ3v) is 7.15. The largest absolute Gasteiger partial charge is 0.353 e. The zero-order valence-electron chi connectivity index (χ0n) is 18.9. The Morgan fingerprint density at radius 2 is 1.81 bits per heavy atom. The highest BCUT2D eigenvalue weighted by Crippen LogP contribution is 2.22. The summed E-state index contributed by atoms with van der Waals surface area (Å²) in [5, 5.41) is 1.80. The van der Waals surface area contributed by atoms with Crippen molar-refractivity contribution in [3.63, 3.8) is 0 Å². The Labute approximate surface area is 190 Å². The molecule has 0 aliphatic heterocycles. The first-order valence-electron chi connectivity index (χ1n) is 10.7. The van der Waals surface area contributed by atoms with Crippen LogP contribution in [-0.2, 0) is 28.4 Å². The maximum atomic E-state index is 13.4. The Morgan fingerprint density at radius 3 is 2.44 bits per heavy atom. The van der Waals surface area contributed by atoms with E-state index >= 15 is 0 Å². The predicted octanol–water partition coefficient (Wildman–Crippen LogP) is 4.04. The van der Waals surface area contributed by atoms with Gasteiger partial charge in [-0.05, 0) is 41.0 Å². The molecule has 1 amide bonds. The lowest BCUT2D eigenvalue weighted by Crippen LogP contribution is -2.44. The van der Waals surface area contributed by atoms with E-state index in [1.807, 2.05) is 68.1 Å². The van der Waals surface area contributed by atoms with Crippen molar-refractivity contribution < 1.29 is 13.2 Å². The van der Waals surface area contributed by atoms with E-state index < -0.39 is 10.0 Å². The van der Waals surface area contributed by atoms with E-state index in [1.54, 1.807) is 23.1 Å². The Morgan fingerprint density at radius 1 is 1.09 bits per heavy atom. The summed E-state index contributed by atoms with van der Waals surface area (Å²) in [7, 11) is -1.94. The standard InChI is InChI=1S/C25H31N3O3S/c1-5-14-28(32(30,31)24-13-12-21-9-6-7-10-22(21)16-24)19-25(29)27(17-20(2)3)18-23-11-8-15-26(23)4/h5-13,15-16,20H,1,14,17-19H2,2-4H3. The first kappa shape index (κ1) is 23.8. The number of aromatic nitrogens is 1. The highest BCUT2D eigenvalue weighted by Gasteiger charge is 2.28. The second-order valence-electron chi connectivity index (χ2n) is 8.37. The van der Waals surface area contributed by atoms with E-state index in [4.69, 9.17) is 0 Å². The van der Waals surface area contributed by atoms with E-state index in [2.05, 4.69) is 6.58 Å². The number of benzene rings is 2. The van der Waals surface area contributed by atoms with Gasteiger partial charge in [-0.3, -0.25) is 4.79 Å². The number of carbonyl (C=O) groups excluding carboxylic acids is 1. The highest BCUT2D eigenvalue weighted by atomic mass is 32.2. The predicted molar refractivity (Wildman–Crippen MR) is 129 cm³/mol. The van der Waals surface area contributed by atoms with E-state index in [0.717, 1.165) is 16.5 Å². The molecule has 0 aliphatic rings. The van der Waals surface area contributed by atoms with E-state index in [1.165, 1.54) is 10.4 Å². The van der Waals surface area contributed by atoms with Crippen LogP contribution in [0.1, 0.15) is 19.5 Å². The second kappa shape index (κ2) is 10.1. The minimum absolute atomic E-state index is 0.0561. The summed E-state index contributed by atoms with van der Waals surface area (Å²) in [5.41, 5.74) is 0.992. The van der Waals surface area contributed by atoms with Crippen molar-refractivity contribution in [1.82, 2.24) is 13.8 Å². The summed E-state index contributed by atoms with van der Waals surface area (Å²) >= 11 is 0. The molecule has 0 saturated heterocycles. The molecule has 170 valence electrons. The van der Waals surface area contributed by atoms with Gasteiger partial charge >= 0.3 is 0 Å². The van der Waals surface area contributed by atoms with E-state index in [0.29, 0.717) is 13.1 Å². The number of hydrogen-bond donors (Lipinski definition) is 0. The number of hydrogen-bond acceptors (Lipinski definition) is 3. The summed E-state index contributed by atoms with van der Waals surface area (Å²) in [6, 6.07) is 16.5. The molecular formula is C25H31N3O3S. The van der Waals surface area contributed by atoms with Gasteiger partial charge in [-0.15, -0.1) is 6.58 Å². The van der Waals surface area contributed by atoms with Gasteiger partial charge in [-0.25, -0.2) is 8.42 Å². The summed E-state index contributed by atoms with van der Waals surface area (Å²) < 4.78 is 30.0. The molecule has 0 atom stereocenters. The molecule has 0 radical (unpaired) electrons. The molecule has 0 fully saturated rings. The van der Waals surface area contributed by atoms with Gasteiger partial charge in [0.25, 0.3) is 0 Å². The number of aryl methyl sites for hydroxylation is 1. The Balaban J connectivity index is 1.87. The van der Waals surface area contributed by atoms with Crippen molar-refractivity contribution in [3.8, 4) is 0 Å². The zero-order valence-corrected chi connectivity index (χ0v) is 19.8. The minimum atomic E-state index is -3.87. The third kappa shape index (κ3) is 5.47. The van der Waals surface area contributed by atoms with Gasteiger partial charge in [0, 0.05) is 32.0 Å². The lowest BCUT2D eigenvalue weighted by Gasteiger charge is -2.28. The Bertz CT molecular complexity index is 1200. The van der Waals surface area contributed by atoms with Gasteiger partial charge in [0.2, 0.25) is 15.9 Å². The van der Waals surface area contributed by atoms with Crippen LogP contribution in [0.3, 0.4) is 0 Å². The minimum Gasteiger partial charge on any atom is -0.353 e. The van der Waals surface area contributed by atoms with Gasteiger partial charge in [0.1, 0.15) is 0 Å². The fourth-order valence-electron chi connectivity index (χ4n) is 3.67. The van der Waals surface area contributed by atoms with Crippen LogP contribution in [0.4, 0.5) is 0 Å². The maximum absolute atomic E-state index is 13.4. The van der Waals surface area contributed by atoms with Gasteiger partial charge in [0.15, 0.2) is 0 Å². The number of sulfonamides is 1. The maximum Gasteiger partial charge on any atom is 0.243 e. The fraction of sp³-hybridized carbons (Fsp3) is 0.320. The molecule has 7 heteroatoms. The van der Waals surface area contributed by atoms with Crippen LogP contribution in [0.15, 0.2) is 78.3 Å². The smallest absolute Gasteiger partial charge is 0.243 e. The van der Waals surface area contributed by atoms with E-state index in [9.17, 15) is 13.2 Å². The molecule has 1 aromatic heterocycles. The molecule has 0 spiro atoms. The fourth-order valence-corrected chi connectivity index (χ4v) is 5.07. The second-order valence-corrected chi connectivity index (χ2v) is 10.3. The lowest BCUT2D eigenvalue weighted by atomic mass is 10.1. The monoisotopic (exact) mass is 453 g/mol. The van der Waals surface area contributed by atoms with Crippen LogP contribution in [0.5, 0.6) is 0 Å². The highest BCUT2D eigenvalue weighted by molar-refractivity contribution is 7.89. The number of rotatable bonds is 10. The molecule has 0 bridgehead atoms. The summed E-state index contributed by atoms with van der Waals surface area (Å²) in [6.07, 6.45) is 3.44. The molecule has 0 aliphatic carbocycles. The number of fused-ring (bicyclic) bond motifs is 1. The van der Waals surface area contributed by atoms with Crippen molar-refractivity contribution in [2.45, 2.75) is 25.3 Å². The van der Waals surface area contributed by atoms with Gasteiger partial charge in [0.05, 0.1) is 18.0 Å². The van der Waals surface area contributed by atoms with Crippen LogP contribution in [-0.4, -0.2) is 47.7 Å². The number of nitrogens with zero attached hydrogens (tertiary/aromatic N) is 3. The van der Waals surface area contributed by atoms with Crippen molar-refractivity contribution in [2.75, 3.05) is 19.6 Å². The van der Waals surface area contributed by atoms with E-state index in [-0.39, 0.29) is 29.8 Å². The molecule has 2 aromatic carbocycles. The van der Waals surface area contributed by atoms with Crippen LogP contribution in [0.25, 0.3) is 10.8 Å². The van der Waals surface area contributed by atoms with Gasteiger partial charge < -0.3 is 9.47 Å². The first-order valence-corrected chi connectivity index (χ1v) is 12.1. The summed E-state index contributed by atoms with van der Waals surface area (Å²) in [4.78, 5) is 15.2. The molecule has 6 nitrogen and oxygen atoms in total. The first-order chi connectivity index (χ1) is 15.2. The SMILES string of the molecule is C=CCN(CC(=O)N(Cc1cccn1C)CC(C)C)S(=O)(=O)c1ccc2ccccc2c1. The molecule has 3 aromatic rings. The molecule has 0 saturated carbocycles. The normalized spacial score (nSPS) is 11.9. The van der Waals surface area contributed by atoms with Crippen molar-refractivity contribution in [2.24, 2.45) is 13.0 Å². The topological polar surface area (TPSA) is 62.6 Å². The average molecular weight is 454 g/mol. The molecule has 32 heavy (non-hydrogen) atoms. The molecule has 3 rings (SSSR count). The Hall–Kier alpha value is -2.90. The van der Waals surface area contributed by atoms with Crippen LogP contribution < -0.4 is 0 Å². The van der Waals surface area contributed by atoms with Gasteiger partial charge in [-0.2, -0.15) is 4.31 Å². The third-order valence-electron chi connectivity index (χ3n) is 5.35. The molecule has 0 N–H and O–H groups in total. The molecular weight excluding hydrogens is 422 g/mol. The summed E-state index contributed by atoms with van der Waals surface area (Å²) in [5.74, 6) is 0.0234. The Kier molecular flexibility index (Phi) is 7.53. The van der Waals surface area contributed by atoms with Gasteiger partial charge in [-0.1, -0.05) is 50.3 Å². The molecule has 0 unspecified atom stereocenters. The van der Waals surface area contributed by atoms with Crippen molar-refractivity contribution in [1.29, 1.82) is 0 Å². The van der Waals surface area contributed by atoms with Crippen LogP contribution in [0, 0.1) is 5.92 Å². The van der Waals surface area contributed by atoms with Crippen LogP contribution >= 0.6 is 0 Å². The lowest BCUT2D eigenvalue weighted by molar-refractivity contribution is -0.132. The molecule has 1 heterocycles. The number of carbonyl (C=O) groups is 1. The summed E-state index contributed by atoms with van der Waals surface area (Å²) in [6.45, 7) is 8.57. The van der Waals surface area contributed by atoms with Crippen molar-refractivity contribution in [3.05, 3.63) is 79.1 Å². The van der Waals surface area contributed by atoms with Crippen LogP contribution in [0.2, 0.25) is 0 Å². The number of amides is 1. The van der Waals surface area contributed by atoms with Crippen molar-refractivity contribution >= 4 is 26.7 Å². The quantitative estimate of drug-likeness (QED) is 0.435. The zero-order chi connectivity index (χ0) is 23.3.